The molecule has 144 valence electrons. The van der Waals surface area contributed by atoms with Crippen LogP contribution >= 0.6 is 0 Å². The van der Waals surface area contributed by atoms with Gasteiger partial charge in [-0.2, -0.15) is 4.31 Å². The van der Waals surface area contributed by atoms with Crippen molar-refractivity contribution in [3.8, 4) is 0 Å². The first-order valence-corrected chi connectivity index (χ1v) is 10.2. The van der Waals surface area contributed by atoms with Crippen LogP contribution < -0.4 is 5.32 Å². The van der Waals surface area contributed by atoms with Gasteiger partial charge in [-0.15, -0.1) is 0 Å². The molecule has 7 nitrogen and oxygen atoms in total. The Hall–Kier alpha value is -1.93. The molecule has 2 rings (SSSR count). The van der Waals surface area contributed by atoms with E-state index in [1.807, 2.05) is 0 Å². The Bertz CT molecular complexity index is 783. The zero-order valence-corrected chi connectivity index (χ0v) is 16.2. The molecule has 1 saturated carbocycles. The number of nitrogens with one attached hydrogen (secondary N) is 1. The molecular weight excluding hydrogens is 356 g/mol. The first-order valence-electron chi connectivity index (χ1n) is 8.74. The smallest absolute Gasteiger partial charge is 0.329 e. The molecular formula is C18H26N2O5S. The number of hydrogen-bond donors (Lipinski definition) is 2. The molecule has 2 N–H and O–H groups in total. The van der Waals surface area contributed by atoms with Gasteiger partial charge in [0.2, 0.25) is 10.0 Å². The van der Waals surface area contributed by atoms with Crippen molar-refractivity contribution in [3.63, 3.8) is 0 Å². The second-order valence-corrected chi connectivity index (χ2v) is 9.04. The van der Waals surface area contributed by atoms with Gasteiger partial charge in [0.25, 0.3) is 5.91 Å². The van der Waals surface area contributed by atoms with Gasteiger partial charge in [-0.25, -0.2) is 13.2 Å². The predicted molar refractivity (Wildman–Crippen MR) is 97.4 cm³/mol. The fourth-order valence-electron chi connectivity index (χ4n) is 3.08. The minimum Gasteiger partial charge on any atom is -0.480 e. The third-order valence-corrected chi connectivity index (χ3v) is 7.00. The topological polar surface area (TPSA) is 104 Å². The number of benzene rings is 1. The largest absolute Gasteiger partial charge is 0.480 e. The first kappa shape index (κ1) is 20.4. The van der Waals surface area contributed by atoms with E-state index in [4.69, 9.17) is 0 Å². The van der Waals surface area contributed by atoms with Gasteiger partial charge in [0.1, 0.15) is 5.54 Å². The van der Waals surface area contributed by atoms with Crippen LogP contribution in [0.25, 0.3) is 0 Å². The molecule has 26 heavy (non-hydrogen) atoms. The van der Waals surface area contributed by atoms with Crippen LogP contribution in [0, 0.1) is 0 Å². The van der Waals surface area contributed by atoms with E-state index in [9.17, 15) is 23.1 Å². The van der Waals surface area contributed by atoms with Crippen molar-refractivity contribution in [2.24, 2.45) is 0 Å². The Kier molecular flexibility index (Phi) is 6.08. The van der Waals surface area contributed by atoms with Crippen LogP contribution in [0.5, 0.6) is 0 Å². The van der Waals surface area contributed by atoms with Gasteiger partial charge in [0, 0.05) is 18.7 Å². The molecule has 1 aromatic carbocycles. The van der Waals surface area contributed by atoms with Crippen LogP contribution in [0.4, 0.5) is 0 Å². The van der Waals surface area contributed by atoms with Gasteiger partial charge < -0.3 is 10.4 Å². The van der Waals surface area contributed by atoms with Crippen molar-refractivity contribution >= 4 is 21.9 Å². The lowest BCUT2D eigenvalue weighted by atomic mass is 9.81. The van der Waals surface area contributed by atoms with E-state index in [2.05, 4.69) is 5.32 Å². The Morgan fingerprint density at radius 1 is 1.19 bits per heavy atom. The maximum atomic E-state index is 12.6. The lowest BCUT2D eigenvalue weighted by Gasteiger charge is -2.34. The van der Waals surface area contributed by atoms with E-state index in [1.165, 1.54) is 35.6 Å². The van der Waals surface area contributed by atoms with E-state index in [-0.39, 0.29) is 16.5 Å². The third-order valence-electron chi connectivity index (χ3n) is 4.97. The van der Waals surface area contributed by atoms with E-state index in [0.29, 0.717) is 12.8 Å². The monoisotopic (exact) mass is 382 g/mol. The highest BCUT2D eigenvalue weighted by molar-refractivity contribution is 7.89. The SMILES string of the molecule is CC(C)N(C)S(=O)(=O)c1cccc(C(=O)NC2(C(=O)O)CCCCC2)c1. The second kappa shape index (κ2) is 7.75. The average Bonchev–Trinajstić information content (AvgIpc) is 2.61. The summed E-state index contributed by atoms with van der Waals surface area (Å²) in [7, 11) is -2.24. The number of sulfonamides is 1. The Balaban J connectivity index is 2.29. The van der Waals surface area contributed by atoms with Crippen LogP contribution in [0.3, 0.4) is 0 Å². The molecule has 1 aliphatic rings. The van der Waals surface area contributed by atoms with Crippen molar-refractivity contribution in [1.82, 2.24) is 9.62 Å². The number of hydrogen-bond acceptors (Lipinski definition) is 4. The van der Waals surface area contributed by atoms with Gasteiger partial charge in [-0.3, -0.25) is 4.79 Å². The summed E-state index contributed by atoms with van der Waals surface area (Å²) in [6, 6.07) is 5.47. The van der Waals surface area contributed by atoms with Crippen LogP contribution in [0.1, 0.15) is 56.3 Å². The highest BCUT2D eigenvalue weighted by Gasteiger charge is 2.41. The summed E-state index contributed by atoms with van der Waals surface area (Å²) in [6.45, 7) is 3.52. The van der Waals surface area contributed by atoms with Crippen LogP contribution in [-0.2, 0) is 14.8 Å². The maximum Gasteiger partial charge on any atom is 0.329 e. The normalized spacial score (nSPS) is 17.3. The maximum absolute atomic E-state index is 12.6. The average molecular weight is 382 g/mol. The number of carbonyl (C=O) groups excluding carboxylic acids is 1. The van der Waals surface area contributed by atoms with Crippen molar-refractivity contribution in [1.29, 1.82) is 0 Å². The number of nitrogens with zero attached hydrogens (tertiary/aromatic N) is 1. The van der Waals surface area contributed by atoms with Gasteiger partial charge in [0.15, 0.2) is 0 Å². The lowest BCUT2D eigenvalue weighted by molar-refractivity contribution is -0.145. The number of carbonyl (C=O) groups is 2. The van der Waals surface area contributed by atoms with Crippen LogP contribution in [-0.4, -0.2) is 48.3 Å². The van der Waals surface area contributed by atoms with E-state index in [1.54, 1.807) is 13.8 Å². The summed E-state index contributed by atoms with van der Waals surface area (Å²) in [5, 5.41) is 12.2. The lowest BCUT2D eigenvalue weighted by Crippen LogP contribution is -2.55. The molecule has 0 unspecified atom stereocenters. The standard InChI is InChI=1S/C18H26N2O5S/c1-13(2)20(3)26(24,25)15-9-7-8-14(12-15)16(21)19-18(17(22)23)10-5-4-6-11-18/h7-9,12-13H,4-6,10-11H2,1-3H3,(H,19,21)(H,22,23). The number of carboxylic acid groups (broad SMARTS) is 1. The highest BCUT2D eigenvalue weighted by Crippen LogP contribution is 2.29. The molecule has 1 aliphatic carbocycles. The number of rotatable bonds is 6. The molecule has 0 aromatic heterocycles. The minimum absolute atomic E-state index is 0.00868. The Morgan fingerprint density at radius 2 is 1.81 bits per heavy atom. The van der Waals surface area contributed by atoms with Crippen LogP contribution in [0.15, 0.2) is 29.2 Å². The van der Waals surface area contributed by atoms with Gasteiger partial charge >= 0.3 is 5.97 Å². The molecule has 0 radical (unpaired) electrons. The molecule has 1 fully saturated rings. The number of amides is 1. The molecule has 0 saturated heterocycles. The summed E-state index contributed by atoms with van der Waals surface area (Å²) in [6.07, 6.45) is 3.17. The predicted octanol–water partition coefficient (Wildman–Crippen LogP) is 2.23. The summed E-state index contributed by atoms with van der Waals surface area (Å²) < 4.78 is 26.4. The Morgan fingerprint density at radius 3 is 2.35 bits per heavy atom. The molecule has 0 atom stereocenters. The van der Waals surface area contributed by atoms with E-state index < -0.39 is 27.4 Å². The summed E-state index contributed by atoms with van der Waals surface area (Å²) in [5.74, 6) is -1.62. The third kappa shape index (κ3) is 4.07. The quantitative estimate of drug-likeness (QED) is 0.785. The molecule has 0 heterocycles. The zero-order chi connectivity index (χ0) is 19.5. The van der Waals surface area contributed by atoms with Gasteiger partial charge in [0.05, 0.1) is 4.90 Å². The van der Waals surface area contributed by atoms with E-state index in [0.717, 1.165) is 19.3 Å². The van der Waals surface area contributed by atoms with Gasteiger partial charge in [-0.1, -0.05) is 25.3 Å². The summed E-state index contributed by atoms with van der Waals surface area (Å²) in [5.41, 5.74) is -1.15. The van der Waals surface area contributed by atoms with Crippen molar-refractivity contribution in [3.05, 3.63) is 29.8 Å². The molecule has 8 heteroatoms. The van der Waals surface area contributed by atoms with Crippen molar-refractivity contribution in [2.45, 2.75) is 62.4 Å². The molecule has 1 aromatic rings. The highest BCUT2D eigenvalue weighted by atomic mass is 32.2. The Labute approximate surface area is 154 Å². The zero-order valence-electron chi connectivity index (χ0n) is 15.4. The van der Waals surface area contributed by atoms with Crippen LogP contribution in [0.2, 0.25) is 0 Å². The van der Waals surface area contributed by atoms with E-state index >= 15 is 0 Å². The van der Waals surface area contributed by atoms with Crippen molar-refractivity contribution < 1.29 is 23.1 Å². The second-order valence-electron chi connectivity index (χ2n) is 7.04. The molecule has 1 amide bonds. The fourth-order valence-corrected chi connectivity index (χ4v) is 4.49. The number of aliphatic carboxylic acids is 1. The fraction of sp³-hybridized carbons (Fsp3) is 0.556. The number of carboxylic acids is 1. The molecule has 0 aliphatic heterocycles. The molecule has 0 spiro atoms. The molecule has 0 bridgehead atoms. The van der Waals surface area contributed by atoms with Gasteiger partial charge in [-0.05, 0) is 44.9 Å². The summed E-state index contributed by atoms with van der Waals surface area (Å²) >= 11 is 0. The van der Waals surface area contributed by atoms with Crippen molar-refractivity contribution in [2.75, 3.05) is 7.05 Å². The summed E-state index contributed by atoms with van der Waals surface area (Å²) in [4.78, 5) is 24.3. The first-order chi connectivity index (χ1) is 12.1. The minimum atomic E-state index is -3.72.